The molecule has 1 aromatic heterocycles. The molecule has 152 valence electrons. The Morgan fingerprint density at radius 2 is 1.93 bits per heavy atom. The Morgan fingerprint density at radius 1 is 1.24 bits per heavy atom. The molecule has 3 aromatic rings. The maximum Gasteiger partial charge on any atom is 0.262 e. The highest BCUT2D eigenvalue weighted by atomic mass is 35.5. The molecule has 2 N–H and O–H groups in total. The Bertz CT molecular complexity index is 1080. The first-order valence-electron chi connectivity index (χ1n) is 8.92. The summed E-state index contributed by atoms with van der Waals surface area (Å²) in [5.74, 6) is -0.674. The molecule has 2 aromatic carbocycles. The molecular formula is C21H20ClFN2O4. The largest absolute Gasteiger partial charge is 0.495 e. The molecule has 0 aliphatic heterocycles. The van der Waals surface area contributed by atoms with E-state index in [1.807, 2.05) is 0 Å². The second kappa shape index (κ2) is 8.63. The second-order valence-electron chi connectivity index (χ2n) is 6.47. The van der Waals surface area contributed by atoms with Crippen molar-refractivity contribution in [2.75, 3.05) is 20.3 Å². The highest BCUT2D eigenvalue weighted by molar-refractivity contribution is 6.33. The van der Waals surface area contributed by atoms with Crippen molar-refractivity contribution in [2.24, 2.45) is 0 Å². The van der Waals surface area contributed by atoms with E-state index in [4.69, 9.17) is 21.4 Å². The van der Waals surface area contributed by atoms with Crippen LogP contribution in [-0.2, 0) is 11.2 Å². The number of ether oxygens (including phenoxy) is 1. The van der Waals surface area contributed by atoms with Gasteiger partial charge in [-0.15, -0.1) is 0 Å². The third-order valence-electron chi connectivity index (χ3n) is 4.67. The zero-order valence-electron chi connectivity index (χ0n) is 16.0. The van der Waals surface area contributed by atoms with Gasteiger partial charge in [-0.3, -0.25) is 14.2 Å². The van der Waals surface area contributed by atoms with Crippen LogP contribution < -0.4 is 10.1 Å². The molecule has 0 bridgehead atoms. The van der Waals surface area contributed by atoms with Crippen molar-refractivity contribution in [3.05, 3.63) is 64.1 Å². The number of nitrogens with one attached hydrogen (secondary N) is 1. The SMILES string of the molecule is COc1cc2c(CC(=O)NCCO)c(C)n(C(=O)c3ccc(F)cc3)c2cc1Cl. The molecule has 29 heavy (non-hydrogen) atoms. The van der Waals surface area contributed by atoms with Gasteiger partial charge in [-0.05, 0) is 48.9 Å². The summed E-state index contributed by atoms with van der Waals surface area (Å²) < 4.78 is 20.0. The van der Waals surface area contributed by atoms with Gasteiger partial charge >= 0.3 is 0 Å². The molecule has 0 radical (unpaired) electrons. The van der Waals surface area contributed by atoms with Crippen molar-refractivity contribution in [1.29, 1.82) is 0 Å². The summed E-state index contributed by atoms with van der Waals surface area (Å²) in [5.41, 5.74) is 2.03. The Hall–Kier alpha value is -2.90. The molecule has 0 unspecified atom stereocenters. The van der Waals surface area contributed by atoms with Gasteiger partial charge in [0.25, 0.3) is 5.91 Å². The number of nitrogens with zero attached hydrogens (tertiary/aromatic N) is 1. The lowest BCUT2D eigenvalue weighted by molar-refractivity contribution is -0.120. The molecule has 0 saturated carbocycles. The lowest BCUT2D eigenvalue weighted by Crippen LogP contribution is -2.28. The predicted octanol–water partition coefficient (Wildman–Crippen LogP) is 3.09. The molecule has 0 aliphatic carbocycles. The third-order valence-corrected chi connectivity index (χ3v) is 4.97. The zero-order valence-corrected chi connectivity index (χ0v) is 16.7. The van der Waals surface area contributed by atoms with Gasteiger partial charge in [0.1, 0.15) is 11.6 Å². The third kappa shape index (κ3) is 4.11. The first-order valence-corrected chi connectivity index (χ1v) is 9.30. The average Bonchev–Trinajstić information content (AvgIpc) is 2.96. The van der Waals surface area contributed by atoms with Gasteiger partial charge in [0.15, 0.2) is 0 Å². The maximum atomic E-state index is 13.3. The Balaban J connectivity index is 2.17. The number of methoxy groups -OCH3 is 1. The first-order chi connectivity index (χ1) is 13.9. The predicted molar refractivity (Wildman–Crippen MR) is 108 cm³/mol. The van der Waals surface area contributed by atoms with Gasteiger partial charge in [-0.1, -0.05) is 11.6 Å². The normalized spacial score (nSPS) is 10.9. The minimum atomic E-state index is -0.440. The summed E-state index contributed by atoms with van der Waals surface area (Å²) in [6.07, 6.45) is 0.0107. The molecule has 0 aliphatic rings. The number of amides is 1. The highest BCUT2D eigenvalue weighted by Crippen LogP contribution is 2.35. The van der Waals surface area contributed by atoms with Crippen LogP contribution in [0.25, 0.3) is 10.9 Å². The van der Waals surface area contributed by atoms with Crippen molar-refractivity contribution in [3.8, 4) is 5.75 Å². The van der Waals surface area contributed by atoms with Crippen molar-refractivity contribution in [1.82, 2.24) is 9.88 Å². The summed E-state index contributed by atoms with van der Waals surface area (Å²) in [4.78, 5) is 25.4. The lowest BCUT2D eigenvalue weighted by atomic mass is 10.1. The number of carbonyl (C=O) groups excluding carboxylic acids is 2. The molecule has 6 nitrogen and oxygen atoms in total. The number of rotatable bonds is 6. The quantitative estimate of drug-likeness (QED) is 0.644. The fourth-order valence-electron chi connectivity index (χ4n) is 3.26. The number of aliphatic hydroxyl groups excluding tert-OH is 1. The summed E-state index contributed by atoms with van der Waals surface area (Å²) in [6.45, 7) is 1.70. The molecule has 0 atom stereocenters. The monoisotopic (exact) mass is 418 g/mol. The first kappa shape index (κ1) is 20.8. The van der Waals surface area contributed by atoms with E-state index in [1.54, 1.807) is 19.1 Å². The molecule has 1 heterocycles. The van der Waals surface area contributed by atoms with Gasteiger partial charge < -0.3 is 15.2 Å². The standard InChI is InChI=1S/C21H20ClFN2O4/c1-12-15(10-20(27)24-7-8-26)16-9-19(29-2)17(22)11-18(16)25(12)21(28)13-3-5-14(23)6-4-13/h3-6,9,11,26H,7-8,10H2,1-2H3,(H,24,27). The number of halogens is 2. The number of fused-ring (bicyclic) bond motifs is 1. The Labute approximate surface area is 171 Å². The molecular weight excluding hydrogens is 399 g/mol. The minimum Gasteiger partial charge on any atom is -0.495 e. The smallest absolute Gasteiger partial charge is 0.262 e. The van der Waals surface area contributed by atoms with Crippen LogP contribution in [0.5, 0.6) is 5.75 Å². The topological polar surface area (TPSA) is 80.6 Å². The van der Waals surface area contributed by atoms with E-state index in [0.29, 0.717) is 38.5 Å². The highest BCUT2D eigenvalue weighted by Gasteiger charge is 2.23. The van der Waals surface area contributed by atoms with Crippen molar-refractivity contribution < 1.29 is 23.8 Å². The van der Waals surface area contributed by atoms with E-state index < -0.39 is 5.82 Å². The number of benzene rings is 2. The van der Waals surface area contributed by atoms with Gasteiger partial charge in [-0.25, -0.2) is 4.39 Å². The van der Waals surface area contributed by atoms with Crippen LogP contribution in [0.2, 0.25) is 5.02 Å². The molecule has 0 spiro atoms. The molecule has 0 fully saturated rings. The van der Waals surface area contributed by atoms with Gasteiger partial charge in [0, 0.05) is 23.2 Å². The number of aliphatic hydroxyl groups is 1. The van der Waals surface area contributed by atoms with E-state index in [-0.39, 0.29) is 31.4 Å². The van der Waals surface area contributed by atoms with Gasteiger partial charge in [-0.2, -0.15) is 0 Å². The van der Waals surface area contributed by atoms with E-state index in [2.05, 4.69) is 5.32 Å². The van der Waals surface area contributed by atoms with Crippen LogP contribution in [0, 0.1) is 12.7 Å². The maximum absolute atomic E-state index is 13.3. The number of aromatic nitrogens is 1. The Kier molecular flexibility index (Phi) is 6.20. The van der Waals surface area contributed by atoms with Crippen LogP contribution in [0.1, 0.15) is 21.6 Å². The van der Waals surface area contributed by atoms with E-state index in [1.165, 1.54) is 35.9 Å². The zero-order chi connectivity index (χ0) is 21.1. The molecule has 1 amide bonds. The van der Waals surface area contributed by atoms with E-state index in [0.717, 1.165) is 0 Å². The van der Waals surface area contributed by atoms with Crippen molar-refractivity contribution in [2.45, 2.75) is 13.3 Å². The van der Waals surface area contributed by atoms with Crippen LogP contribution in [-0.4, -0.2) is 41.7 Å². The molecule has 0 saturated heterocycles. The summed E-state index contributed by atoms with van der Waals surface area (Å²) >= 11 is 6.28. The van der Waals surface area contributed by atoms with Crippen LogP contribution in [0.3, 0.4) is 0 Å². The van der Waals surface area contributed by atoms with E-state index in [9.17, 15) is 14.0 Å². The van der Waals surface area contributed by atoms with Crippen molar-refractivity contribution >= 4 is 34.3 Å². The van der Waals surface area contributed by atoms with Crippen LogP contribution >= 0.6 is 11.6 Å². The van der Waals surface area contributed by atoms with Crippen LogP contribution in [0.15, 0.2) is 36.4 Å². The molecule has 3 rings (SSSR count). The average molecular weight is 419 g/mol. The number of hydrogen-bond donors (Lipinski definition) is 2. The number of carbonyl (C=O) groups is 2. The fourth-order valence-corrected chi connectivity index (χ4v) is 3.50. The second-order valence-corrected chi connectivity index (χ2v) is 6.87. The number of hydrogen-bond acceptors (Lipinski definition) is 4. The molecule has 8 heteroatoms. The summed E-state index contributed by atoms with van der Waals surface area (Å²) in [5, 5.41) is 12.5. The van der Waals surface area contributed by atoms with Gasteiger partial charge in [0.05, 0.1) is 30.7 Å². The van der Waals surface area contributed by atoms with Crippen LogP contribution in [0.4, 0.5) is 4.39 Å². The Morgan fingerprint density at radius 3 is 2.55 bits per heavy atom. The minimum absolute atomic E-state index is 0.0107. The lowest BCUT2D eigenvalue weighted by Gasteiger charge is -2.09. The van der Waals surface area contributed by atoms with Crippen molar-refractivity contribution in [3.63, 3.8) is 0 Å². The fraction of sp³-hybridized carbons (Fsp3) is 0.238. The van der Waals surface area contributed by atoms with E-state index >= 15 is 0 Å². The summed E-state index contributed by atoms with van der Waals surface area (Å²) in [7, 11) is 1.48. The summed E-state index contributed by atoms with van der Waals surface area (Å²) in [6, 6.07) is 8.54. The van der Waals surface area contributed by atoms with Gasteiger partial charge in [0.2, 0.25) is 5.91 Å².